The maximum atomic E-state index is 12.8. The smallest absolute Gasteiger partial charge is 0.265 e. The second-order valence-electron chi connectivity index (χ2n) is 8.06. The molecule has 0 saturated heterocycles. The fourth-order valence-electron chi connectivity index (χ4n) is 3.97. The number of hydrogen-bond donors (Lipinski definition) is 2. The number of nitrogens with zero attached hydrogens (tertiary/aromatic N) is 3. The average molecular weight is 492 g/mol. The molecule has 172 valence electrons. The molecule has 2 N–H and O–H groups in total. The van der Waals surface area contributed by atoms with Gasteiger partial charge in [0.1, 0.15) is 5.82 Å². The van der Waals surface area contributed by atoms with Crippen LogP contribution in [0.4, 0.5) is 11.4 Å². The molecule has 2 aromatic heterocycles. The zero-order chi connectivity index (χ0) is 23.5. The highest BCUT2D eigenvalue weighted by molar-refractivity contribution is 7.12. The Morgan fingerprint density at radius 1 is 0.912 bits per heavy atom. The standard InChI is InChI=1S/C25H22ClN5O2S/c26-20-12-11-18(15-19(20)23-30-29-22-6-2-1-3-13-31(22)23)28-24(32)16-7-9-17(10-8-16)27-25(33)21-5-4-14-34-21/h4-5,7-12,14-15H,1-3,6,13H2,(H,27,33)(H,28,32). The van der Waals surface area contributed by atoms with Gasteiger partial charge >= 0.3 is 0 Å². The normalized spacial score (nSPS) is 13.1. The van der Waals surface area contributed by atoms with Crippen molar-refractivity contribution in [3.63, 3.8) is 0 Å². The molecule has 34 heavy (non-hydrogen) atoms. The van der Waals surface area contributed by atoms with Crippen molar-refractivity contribution in [2.75, 3.05) is 10.6 Å². The van der Waals surface area contributed by atoms with Gasteiger partial charge in [0.05, 0.1) is 9.90 Å². The van der Waals surface area contributed by atoms with Crippen LogP contribution in [0.1, 0.15) is 45.1 Å². The summed E-state index contributed by atoms with van der Waals surface area (Å²) in [6.07, 6.45) is 4.27. The molecule has 0 atom stereocenters. The predicted octanol–water partition coefficient (Wildman–Crippen LogP) is 5.89. The van der Waals surface area contributed by atoms with Gasteiger partial charge < -0.3 is 15.2 Å². The molecule has 0 saturated carbocycles. The van der Waals surface area contributed by atoms with Gasteiger partial charge in [0.25, 0.3) is 11.8 Å². The molecule has 0 unspecified atom stereocenters. The molecule has 9 heteroatoms. The number of halogens is 1. The van der Waals surface area contributed by atoms with E-state index < -0.39 is 0 Å². The molecule has 2 amide bonds. The number of benzene rings is 2. The van der Waals surface area contributed by atoms with Crippen molar-refractivity contribution in [1.29, 1.82) is 0 Å². The second-order valence-corrected chi connectivity index (χ2v) is 9.41. The molecule has 0 spiro atoms. The number of carbonyl (C=O) groups is 2. The summed E-state index contributed by atoms with van der Waals surface area (Å²) in [5.41, 5.74) is 2.45. The Morgan fingerprint density at radius 3 is 2.50 bits per heavy atom. The van der Waals surface area contributed by atoms with Gasteiger partial charge in [-0.2, -0.15) is 0 Å². The number of anilines is 2. The van der Waals surface area contributed by atoms with E-state index in [9.17, 15) is 9.59 Å². The van der Waals surface area contributed by atoms with E-state index in [1.54, 1.807) is 42.5 Å². The monoisotopic (exact) mass is 491 g/mol. The Labute approximate surface area is 205 Å². The number of aryl methyl sites for hydroxylation is 1. The Hall–Kier alpha value is -3.49. The predicted molar refractivity (Wildman–Crippen MR) is 135 cm³/mol. The van der Waals surface area contributed by atoms with E-state index in [1.165, 1.54) is 17.8 Å². The summed E-state index contributed by atoms with van der Waals surface area (Å²) in [5.74, 6) is 1.27. The molecule has 0 fully saturated rings. The van der Waals surface area contributed by atoms with Gasteiger partial charge in [-0.05, 0) is 66.8 Å². The third-order valence-corrected chi connectivity index (χ3v) is 6.92. The van der Waals surface area contributed by atoms with Crippen molar-refractivity contribution < 1.29 is 9.59 Å². The lowest BCUT2D eigenvalue weighted by molar-refractivity contribution is 0.102. The molecular weight excluding hydrogens is 470 g/mol. The quantitative estimate of drug-likeness (QED) is 0.364. The lowest BCUT2D eigenvalue weighted by Crippen LogP contribution is -2.13. The molecule has 7 nitrogen and oxygen atoms in total. The summed E-state index contributed by atoms with van der Waals surface area (Å²) in [5, 5.41) is 16.9. The minimum Gasteiger partial charge on any atom is -0.322 e. The molecule has 0 aliphatic carbocycles. The third kappa shape index (κ3) is 4.73. The molecule has 1 aliphatic heterocycles. The first kappa shape index (κ1) is 22.3. The van der Waals surface area contributed by atoms with Crippen LogP contribution in [0.2, 0.25) is 5.02 Å². The van der Waals surface area contributed by atoms with Crippen molar-refractivity contribution in [2.45, 2.75) is 32.2 Å². The van der Waals surface area contributed by atoms with Crippen LogP contribution in [-0.2, 0) is 13.0 Å². The number of carbonyl (C=O) groups excluding carboxylic acids is 2. The largest absolute Gasteiger partial charge is 0.322 e. The lowest BCUT2D eigenvalue weighted by atomic mass is 10.1. The average Bonchev–Trinajstić information content (AvgIpc) is 3.46. The molecule has 0 bridgehead atoms. The summed E-state index contributed by atoms with van der Waals surface area (Å²) in [4.78, 5) is 25.7. The highest BCUT2D eigenvalue weighted by atomic mass is 35.5. The molecule has 1 aliphatic rings. The van der Waals surface area contributed by atoms with Crippen LogP contribution in [0.25, 0.3) is 11.4 Å². The number of nitrogens with one attached hydrogen (secondary N) is 2. The zero-order valence-electron chi connectivity index (χ0n) is 18.3. The first-order valence-electron chi connectivity index (χ1n) is 11.1. The fraction of sp³-hybridized carbons (Fsp3) is 0.200. The molecule has 0 radical (unpaired) electrons. The van der Waals surface area contributed by atoms with Crippen LogP contribution < -0.4 is 10.6 Å². The number of fused-ring (bicyclic) bond motifs is 1. The van der Waals surface area contributed by atoms with E-state index >= 15 is 0 Å². The number of rotatable bonds is 5. The molecular formula is C25H22ClN5O2S. The van der Waals surface area contributed by atoms with Gasteiger partial charge in [-0.3, -0.25) is 9.59 Å². The van der Waals surface area contributed by atoms with Crippen molar-refractivity contribution >= 4 is 46.1 Å². The van der Waals surface area contributed by atoms with Crippen molar-refractivity contribution in [2.24, 2.45) is 0 Å². The Bertz CT molecular complexity index is 1330. The molecule has 4 aromatic rings. The van der Waals surface area contributed by atoms with E-state index in [0.717, 1.165) is 43.0 Å². The highest BCUT2D eigenvalue weighted by Crippen LogP contribution is 2.31. The maximum Gasteiger partial charge on any atom is 0.265 e. The maximum absolute atomic E-state index is 12.8. The van der Waals surface area contributed by atoms with Crippen LogP contribution in [0.5, 0.6) is 0 Å². The topological polar surface area (TPSA) is 88.9 Å². The molecule has 5 rings (SSSR count). The fourth-order valence-corrected chi connectivity index (χ4v) is 4.79. The molecule has 2 aromatic carbocycles. The summed E-state index contributed by atoms with van der Waals surface area (Å²) >= 11 is 7.87. The highest BCUT2D eigenvalue weighted by Gasteiger charge is 2.19. The first-order chi connectivity index (χ1) is 16.6. The van der Waals surface area contributed by atoms with Crippen LogP contribution in [0.3, 0.4) is 0 Å². The van der Waals surface area contributed by atoms with E-state index in [0.29, 0.717) is 26.8 Å². The van der Waals surface area contributed by atoms with Gasteiger partial charge in [0.15, 0.2) is 5.82 Å². The van der Waals surface area contributed by atoms with E-state index in [4.69, 9.17) is 11.6 Å². The number of thiophene rings is 1. The van der Waals surface area contributed by atoms with Gasteiger partial charge in [-0.15, -0.1) is 21.5 Å². The van der Waals surface area contributed by atoms with Gasteiger partial charge in [-0.1, -0.05) is 24.1 Å². The van der Waals surface area contributed by atoms with Crippen LogP contribution in [0.15, 0.2) is 60.0 Å². The van der Waals surface area contributed by atoms with Crippen molar-refractivity contribution in [1.82, 2.24) is 14.8 Å². The number of aromatic nitrogens is 3. The summed E-state index contributed by atoms with van der Waals surface area (Å²) < 4.78 is 2.13. The number of hydrogen-bond acceptors (Lipinski definition) is 5. The van der Waals surface area contributed by atoms with Gasteiger partial charge in [0.2, 0.25) is 0 Å². The first-order valence-corrected chi connectivity index (χ1v) is 12.3. The Morgan fingerprint density at radius 2 is 1.71 bits per heavy atom. The van der Waals surface area contributed by atoms with Crippen molar-refractivity contribution in [3.05, 3.63) is 81.3 Å². The van der Waals surface area contributed by atoms with Crippen LogP contribution in [0, 0.1) is 0 Å². The van der Waals surface area contributed by atoms with E-state index in [2.05, 4.69) is 25.4 Å². The third-order valence-electron chi connectivity index (χ3n) is 5.72. The minimum absolute atomic E-state index is 0.174. The second kappa shape index (κ2) is 9.79. The Balaban J connectivity index is 1.31. The summed E-state index contributed by atoms with van der Waals surface area (Å²) in [6.45, 7) is 0.861. The minimum atomic E-state index is -0.260. The molecule has 3 heterocycles. The SMILES string of the molecule is O=C(Nc1ccc(Cl)c(-c2nnc3n2CCCCC3)c1)c1ccc(NC(=O)c2cccs2)cc1. The summed E-state index contributed by atoms with van der Waals surface area (Å²) in [6, 6.07) is 15.7. The van der Waals surface area contributed by atoms with Crippen LogP contribution in [-0.4, -0.2) is 26.6 Å². The lowest BCUT2D eigenvalue weighted by Gasteiger charge is -2.11. The van der Waals surface area contributed by atoms with Gasteiger partial charge in [-0.25, -0.2) is 0 Å². The Kier molecular flexibility index (Phi) is 6.42. The van der Waals surface area contributed by atoms with Crippen molar-refractivity contribution in [3.8, 4) is 11.4 Å². The zero-order valence-corrected chi connectivity index (χ0v) is 19.8. The van der Waals surface area contributed by atoms with Gasteiger partial charge in [0, 0.05) is 35.5 Å². The van der Waals surface area contributed by atoms with E-state index in [1.807, 2.05) is 17.5 Å². The number of amides is 2. The van der Waals surface area contributed by atoms with Crippen LogP contribution >= 0.6 is 22.9 Å². The summed E-state index contributed by atoms with van der Waals surface area (Å²) in [7, 11) is 0. The van der Waals surface area contributed by atoms with E-state index in [-0.39, 0.29) is 11.8 Å².